The van der Waals surface area contributed by atoms with E-state index in [1.54, 1.807) is 13.2 Å². The van der Waals surface area contributed by atoms with Crippen molar-refractivity contribution >= 4 is 11.8 Å². The van der Waals surface area contributed by atoms with Gasteiger partial charge in [0.05, 0.1) is 7.11 Å². The summed E-state index contributed by atoms with van der Waals surface area (Å²) in [5, 5.41) is 0. The van der Waals surface area contributed by atoms with Gasteiger partial charge >= 0.3 is 12.1 Å². The molecule has 1 atom stereocenters. The molecule has 0 aromatic heterocycles. The predicted octanol–water partition coefficient (Wildman–Crippen LogP) is 2.25. The lowest BCUT2D eigenvalue weighted by atomic mass is 10.1. The highest BCUT2D eigenvalue weighted by atomic mass is 19.4. The second-order valence-electron chi connectivity index (χ2n) is 5.98. The highest BCUT2D eigenvalue weighted by Gasteiger charge is 2.48. The molecule has 0 radical (unpaired) electrons. The van der Waals surface area contributed by atoms with Crippen molar-refractivity contribution in [2.24, 2.45) is 0 Å². The fourth-order valence-corrected chi connectivity index (χ4v) is 2.99. The number of amides is 2. The van der Waals surface area contributed by atoms with Crippen LogP contribution in [0.25, 0.3) is 0 Å². The number of rotatable bonds is 5. The SMILES string of the molecule is COc1ccccc1CCN(C)C(=O)C1CCCN1C(=O)C(F)(F)F. The summed E-state index contributed by atoms with van der Waals surface area (Å²) in [5.74, 6) is -1.72. The van der Waals surface area contributed by atoms with Gasteiger partial charge in [-0.1, -0.05) is 18.2 Å². The maximum Gasteiger partial charge on any atom is 0.471 e. The number of carbonyl (C=O) groups is 2. The van der Waals surface area contributed by atoms with E-state index >= 15 is 0 Å². The van der Waals surface area contributed by atoms with Gasteiger partial charge in [0, 0.05) is 20.1 Å². The van der Waals surface area contributed by atoms with E-state index < -0.39 is 24.0 Å². The van der Waals surface area contributed by atoms with Crippen molar-refractivity contribution in [3.05, 3.63) is 29.8 Å². The molecule has 2 rings (SSSR count). The van der Waals surface area contributed by atoms with Gasteiger partial charge in [0.2, 0.25) is 5.91 Å². The summed E-state index contributed by atoms with van der Waals surface area (Å²) >= 11 is 0. The molecule has 1 aliphatic heterocycles. The zero-order valence-electron chi connectivity index (χ0n) is 14.2. The number of ether oxygens (including phenoxy) is 1. The number of benzene rings is 1. The highest BCUT2D eigenvalue weighted by Crippen LogP contribution is 2.26. The van der Waals surface area contributed by atoms with E-state index in [9.17, 15) is 22.8 Å². The van der Waals surface area contributed by atoms with Crippen molar-refractivity contribution < 1.29 is 27.5 Å². The minimum absolute atomic E-state index is 0.0465. The normalized spacial score (nSPS) is 17.5. The molecule has 8 heteroatoms. The van der Waals surface area contributed by atoms with Crippen LogP contribution in [0.15, 0.2) is 24.3 Å². The average Bonchev–Trinajstić information content (AvgIpc) is 3.06. The number of para-hydroxylation sites is 1. The van der Waals surface area contributed by atoms with Crippen LogP contribution in [-0.2, 0) is 16.0 Å². The average molecular weight is 358 g/mol. The third-order valence-corrected chi connectivity index (χ3v) is 4.33. The van der Waals surface area contributed by atoms with E-state index in [-0.39, 0.29) is 13.0 Å². The van der Waals surface area contributed by atoms with Crippen molar-refractivity contribution in [1.82, 2.24) is 9.80 Å². The van der Waals surface area contributed by atoms with Crippen LogP contribution in [0.2, 0.25) is 0 Å². The molecule has 1 aliphatic rings. The fraction of sp³-hybridized carbons (Fsp3) is 0.529. The van der Waals surface area contributed by atoms with Crippen molar-refractivity contribution in [1.29, 1.82) is 0 Å². The largest absolute Gasteiger partial charge is 0.496 e. The molecule has 1 heterocycles. The molecule has 0 bridgehead atoms. The number of hydrogen-bond donors (Lipinski definition) is 0. The Kier molecular flexibility index (Phi) is 5.92. The Morgan fingerprint density at radius 1 is 1.32 bits per heavy atom. The Labute approximate surface area is 144 Å². The molecular formula is C17H21F3N2O3. The summed E-state index contributed by atoms with van der Waals surface area (Å²) < 4.78 is 43.2. The quantitative estimate of drug-likeness (QED) is 0.811. The topological polar surface area (TPSA) is 49.9 Å². The van der Waals surface area contributed by atoms with E-state index in [0.717, 1.165) is 5.56 Å². The summed E-state index contributed by atoms with van der Waals surface area (Å²) in [7, 11) is 3.08. The first kappa shape index (κ1) is 19.1. The van der Waals surface area contributed by atoms with Crippen LogP contribution >= 0.6 is 0 Å². The summed E-state index contributed by atoms with van der Waals surface area (Å²) in [4.78, 5) is 26.0. The molecule has 0 saturated carbocycles. The molecule has 0 N–H and O–H groups in total. The second kappa shape index (κ2) is 7.76. The van der Waals surface area contributed by atoms with Gasteiger partial charge < -0.3 is 14.5 Å². The Bertz CT molecular complexity index is 634. The third kappa shape index (κ3) is 4.43. The first-order valence-electron chi connectivity index (χ1n) is 8.00. The van der Waals surface area contributed by atoms with E-state index in [2.05, 4.69) is 0 Å². The van der Waals surface area contributed by atoms with Gasteiger partial charge in [-0.3, -0.25) is 9.59 Å². The zero-order valence-corrected chi connectivity index (χ0v) is 14.2. The van der Waals surface area contributed by atoms with E-state index in [1.165, 1.54) is 11.9 Å². The van der Waals surface area contributed by atoms with Crippen molar-refractivity contribution in [2.45, 2.75) is 31.5 Å². The van der Waals surface area contributed by atoms with Gasteiger partial charge in [-0.2, -0.15) is 13.2 Å². The summed E-state index contributed by atoms with van der Waals surface area (Å²) in [6.45, 7) is 0.277. The molecule has 1 aromatic carbocycles. The number of likely N-dealkylation sites (tertiary alicyclic amines) is 1. The summed E-state index contributed by atoms with van der Waals surface area (Å²) in [6, 6.07) is 6.30. The second-order valence-corrected chi connectivity index (χ2v) is 5.98. The van der Waals surface area contributed by atoms with Crippen molar-refractivity contribution in [2.75, 3.05) is 27.2 Å². The van der Waals surface area contributed by atoms with Crippen molar-refractivity contribution in [3.63, 3.8) is 0 Å². The Morgan fingerprint density at radius 3 is 2.64 bits per heavy atom. The molecular weight excluding hydrogens is 337 g/mol. The molecule has 0 aliphatic carbocycles. The Hall–Kier alpha value is -2.25. The van der Waals surface area contributed by atoms with Gasteiger partial charge in [0.1, 0.15) is 11.8 Å². The van der Waals surface area contributed by atoms with Crippen LogP contribution in [0.3, 0.4) is 0 Å². The molecule has 1 aromatic rings. The van der Waals surface area contributed by atoms with E-state index in [1.807, 2.05) is 18.2 Å². The lowest BCUT2D eigenvalue weighted by Gasteiger charge is -2.28. The summed E-state index contributed by atoms with van der Waals surface area (Å²) in [5.41, 5.74) is 0.902. The maximum atomic E-state index is 12.7. The van der Waals surface area contributed by atoms with E-state index in [4.69, 9.17) is 4.74 Å². The first-order chi connectivity index (χ1) is 11.8. The number of halogens is 3. The number of carbonyl (C=O) groups excluding carboxylic acids is 2. The van der Waals surface area contributed by atoms with Crippen LogP contribution < -0.4 is 4.74 Å². The highest BCUT2D eigenvalue weighted by molar-refractivity contribution is 5.90. The smallest absolute Gasteiger partial charge is 0.471 e. The summed E-state index contributed by atoms with van der Waals surface area (Å²) in [6.07, 6.45) is -3.82. The molecule has 5 nitrogen and oxygen atoms in total. The fourth-order valence-electron chi connectivity index (χ4n) is 2.99. The number of alkyl halides is 3. The molecule has 138 valence electrons. The van der Waals surface area contributed by atoms with Crippen LogP contribution in [0.5, 0.6) is 5.75 Å². The zero-order chi connectivity index (χ0) is 18.6. The molecule has 2 amide bonds. The lowest BCUT2D eigenvalue weighted by Crippen LogP contribution is -2.50. The number of nitrogens with zero attached hydrogens (tertiary/aromatic N) is 2. The van der Waals surface area contributed by atoms with Crippen LogP contribution in [0.1, 0.15) is 18.4 Å². The number of likely N-dealkylation sites (N-methyl/N-ethyl adjacent to an activating group) is 1. The number of methoxy groups -OCH3 is 1. The van der Waals surface area contributed by atoms with Gasteiger partial charge in [-0.15, -0.1) is 0 Å². The first-order valence-corrected chi connectivity index (χ1v) is 8.00. The van der Waals surface area contributed by atoms with Gasteiger partial charge in [-0.25, -0.2) is 0 Å². The third-order valence-electron chi connectivity index (χ3n) is 4.33. The van der Waals surface area contributed by atoms with Gasteiger partial charge in [0.25, 0.3) is 0 Å². The van der Waals surface area contributed by atoms with Crippen molar-refractivity contribution in [3.8, 4) is 5.75 Å². The molecule has 0 spiro atoms. The molecule has 1 fully saturated rings. The Morgan fingerprint density at radius 2 is 2.00 bits per heavy atom. The molecule has 1 saturated heterocycles. The lowest BCUT2D eigenvalue weighted by molar-refractivity contribution is -0.187. The van der Waals surface area contributed by atoms with Crippen LogP contribution in [0, 0.1) is 0 Å². The Balaban J connectivity index is 2.00. The molecule has 25 heavy (non-hydrogen) atoms. The van der Waals surface area contributed by atoms with Gasteiger partial charge in [0.15, 0.2) is 0 Å². The standard InChI is InChI=1S/C17H21F3N2O3/c1-21(11-9-12-6-3-4-8-14(12)25-2)15(23)13-7-5-10-22(13)16(24)17(18,19)20/h3-4,6,8,13H,5,7,9-11H2,1-2H3. The predicted molar refractivity (Wildman–Crippen MR) is 85.1 cm³/mol. The monoisotopic (exact) mass is 358 g/mol. The minimum Gasteiger partial charge on any atom is -0.496 e. The number of hydrogen-bond acceptors (Lipinski definition) is 3. The van der Waals surface area contributed by atoms with Gasteiger partial charge in [-0.05, 0) is 30.9 Å². The minimum atomic E-state index is -4.96. The maximum absolute atomic E-state index is 12.7. The molecule has 1 unspecified atom stereocenters. The van der Waals surface area contributed by atoms with Crippen LogP contribution in [-0.4, -0.2) is 61.1 Å². The van der Waals surface area contributed by atoms with E-state index in [0.29, 0.717) is 30.0 Å². The van der Waals surface area contributed by atoms with Crippen LogP contribution in [0.4, 0.5) is 13.2 Å².